The van der Waals surface area contributed by atoms with Crippen LogP contribution in [0.3, 0.4) is 0 Å². The van der Waals surface area contributed by atoms with Gasteiger partial charge in [-0.2, -0.15) is 11.3 Å². The fourth-order valence-corrected chi connectivity index (χ4v) is 3.35. The summed E-state index contributed by atoms with van der Waals surface area (Å²) >= 11 is 1.78. The molecule has 2 heterocycles. The summed E-state index contributed by atoms with van der Waals surface area (Å²) in [4.78, 5) is 2.60. The molecule has 0 radical (unpaired) electrons. The normalized spacial score (nSPS) is 16.3. The molecule has 0 aliphatic carbocycles. The van der Waals surface area contributed by atoms with Crippen LogP contribution in [-0.2, 0) is 6.42 Å². The summed E-state index contributed by atoms with van der Waals surface area (Å²) < 4.78 is 0. The quantitative estimate of drug-likeness (QED) is 0.800. The van der Waals surface area contributed by atoms with E-state index in [0.717, 1.165) is 0 Å². The molecule has 0 unspecified atom stereocenters. The molecule has 1 aliphatic heterocycles. The molecule has 1 nitrogen and oxygen atoms in total. The number of nitrogens with zero attached hydrogens (tertiary/aromatic N) is 1. The molecule has 0 amide bonds. The molecule has 1 saturated heterocycles. The van der Waals surface area contributed by atoms with Crippen LogP contribution in [-0.4, -0.2) is 24.5 Å². The molecule has 0 atom stereocenters. The molecule has 2 heteroatoms. The highest BCUT2D eigenvalue weighted by atomic mass is 32.1. The molecule has 20 heavy (non-hydrogen) atoms. The second-order valence-corrected chi connectivity index (χ2v) is 6.22. The minimum absolute atomic E-state index is 1.17. The first kappa shape index (κ1) is 13.6. The monoisotopic (exact) mass is 283 g/mol. The van der Waals surface area contributed by atoms with Gasteiger partial charge in [0.05, 0.1) is 0 Å². The van der Waals surface area contributed by atoms with Gasteiger partial charge in [-0.3, -0.25) is 0 Å². The first-order valence-corrected chi connectivity index (χ1v) is 8.32. The Hall–Kier alpha value is -1.38. The van der Waals surface area contributed by atoms with Crippen LogP contribution in [0.15, 0.2) is 52.7 Å². The van der Waals surface area contributed by atoms with E-state index in [9.17, 15) is 0 Å². The molecule has 104 valence electrons. The smallest absolute Gasteiger partial charge is 0.00221 e. The molecule has 1 aromatic heterocycles. The van der Waals surface area contributed by atoms with Gasteiger partial charge in [0.25, 0.3) is 0 Å². The van der Waals surface area contributed by atoms with Gasteiger partial charge in [-0.15, -0.1) is 0 Å². The molecular formula is C18H21NS. The van der Waals surface area contributed by atoms with E-state index < -0.39 is 0 Å². The Labute approximate surface area is 125 Å². The Kier molecular flexibility index (Phi) is 4.67. The lowest BCUT2D eigenvalue weighted by Gasteiger charge is -2.28. The maximum absolute atomic E-state index is 2.60. The lowest BCUT2D eigenvalue weighted by Crippen LogP contribution is -2.32. The second-order valence-electron chi connectivity index (χ2n) is 5.44. The van der Waals surface area contributed by atoms with E-state index in [2.05, 4.69) is 58.1 Å². The fourth-order valence-electron chi connectivity index (χ4n) is 2.73. The average molecular weight is 283 g/mol. The number of piperidine rings is 1. The zero-order valence-corrected chi connectivity index (χ0v) is 12.6. The maximum atomic E-state index is 2.60. The van der Waals surface area contributed by atoms with E-state index in [4.69, 9.17) is 0 Å². The van der Waals surface area contributed by atoms with Gasteiger partial charge < -0.3 is 4.90 Å². The Morgan fingerprint density at radius 2 is 1.85 bits per heavy atom. The van der Waals surface area contributed by atoms with E-state index in [1.807, 2.05) is 0 Å². The highest BCUT2D eigenvalue weighted by Gasteiger charge is 2.13. The number of rotatable bonds is 4. The van der Waals surface area contributed by atoms with Gasteiger partial charge in [-0.05, 0) is 47.2 Å². The fraction of sp³-hybridized carbons (Fsp3) is 0.333. The van der Waals surface area contributed by atoms with Crippen molar-refractivity contribution in [1.29, 1.82) is 0 Å². The first-order valence-electron chi connectivity index (χ1n) is 7.38. The number of hydrogen-bond acceptors (Lipinski definition) is 2. The van der Waals surface area contributed by atoms with Gasteiger partial charge in [0.2, 0.25) is 0 Å². The summed E-state index contributed by atoms with van der Waals surface area (Å²) in [5, 5.41) is 4.39. The molecule has 2 aromatic rings. The van der Waals surface area contributed by atoms with Gasteiger partial charge >= 0.3 is 0 Å². The lowest BCUT2D eigenvalue weighted by atomic mass is 10.0. The Balaban J connectivity index is 1.47. The van der Waals surface area contributed by atoms with Gasteiger partial charge in [0, 0.05) is 19.6 Å². The predicted molar refractivity (Wildman–Crippen MR) is 88.1 cm³/mol. The van der Waals surface area contributed by atoms with Crippen molar-refractivity contribution in [3.63, 3.8) is 0 Å². The molecule has 0 spiro atoms. The van der Waals surface area contributed by atoms with E-state index in [-0.39, 0.29) is 0 Å². The molecule has 1 fully saturated rings. The van der Waals surface area contributed by atoms with Crippen LogP contribution in [0.1, 0.15) is 24.0 Å². The number of hydrogen-bond donors (Lipinski definition) is 0. The van der Waals surface area contributed by atoms with Crippen LogP contribution < -0.4 is 0 Å². The van der Waals surface area contributed by atoms with Crippen molar-refractivity contribution in [2.24, 2.45) is 0 Å². The van der Waals surface area contributed by atoms with Crippen molar-refractivity contribution >= 4 is 17.4 Å². The second kappa shape index (κ2) is 6.87. The summed E-state index contributed by atoms with van der Waals surface area (Å²) in [5.74, 6) is 0. The summed E-state index contributed by atoms with van der Waals surface area (Å²) in [5.41, 5.74) is 4.44. The highest BCUT2D eigenvalue weighted by molar-refractivity contribution is 7.08. The van der Waals surface area contributed by atoms with Crippen LogP contribution in [0.5, 0.6) is 0 Å². The number of thiophene rings is 1. The van der Waals surface area contributed by atoms with Gasteiger partial charge in [0.1, 0.15) is 0 Å². The van der Waals surface area contributed by atoms with Crippen LogP contribution in [0.25, 0.3) is 6.08 Å². The average Bonchev–Trinajstić information content (AvgIpc) is 3.01. The third kappa shape index (κ3) is 3.81. The third-order valence-corrected chi connectivity index (χ3v) is 4.67. The lowest BCUT2D eigenvalue weighted by molar-refractivity contribution is 0.260. The summed E-state index contributed by atoms with van der Waals surface area (Å²) in [6.45, 7) is 3.61. The van der Waals surface area contributed by atoms with E-state index in [1.165, 1.54) is 50.0 Å². The predicted octanol–water partition coefficient (Wildman–Crippen LogP) is 4.47. The molecule has 1 aliphatic rings. The minimum atomic E-state index is 1.17. The van der Waals surface area contributed by atoms with E-state index >= 15 is 0 Å². The van der Waals surface area contributed by atoms with Gasteiger partial charge in [-0.1, -0.05) is 42.0 Å². The Bertz CT molecular complexity index is 532. The maximum Gasteiger partial charge on any atom is 0.00221 e. The molecule has 0 N–H and O–H groups in total. The van der Waals surface area contributed by atoms with E-state index in [0.29, 0.717) is 0 Å². The standard InChI is InChI=1S/C18H21NS/c1-2-4-16(5-3-1)6-10-19-11-7-17(8-12-19)14-18-9-13-20-15-18/h1-5,9,13-15H,6-8,10-12H2. The third-order valence-electron chi connectivity index (χ3n) is 3.97. The van der Waals surface area contributed by atoms with Gasteiger partial charge in [0.15, 0.2) is 0 Å². The first-order chi connectivity index (χ1) is 9.90. The van der Waals surface area contributed by atoms with Crippen molar-refractivity contribution in [1.82, 2.24) is 4.90 Å². The molecule has 0 saturated carbocycles. The van der Waals surface area contributed by atoms with Crippen LogP contribution >= 0.6 is 11.3 Å². The van der Waals surface area contributed by atoms with Crippen LogP contribution in [0, 0.1) is 0 Å². The SMILES string of the molecule is C(=C1CCN(CCc2ccccc2)CC1)c1ccsc1. The molecule has 0 bridgehead atoms. The van der Waals surface area contributed by atoms with Crippen molar-refractivity contribution in [3.8, 4) is 0 Å². The Morgan fingerprint density at radius 3 is 2.55 bits per heavy atom. The van der Waals surface area contributed by atoms with Crippen molar-refractivity contribution < 1.29 is 0 Å². The molecular weight excluding hydrogens is 262 g/mol. The highest BCUT2D eigenvalue weighted by Crippen LogP contribution is 2.20. The minimum Gasteiger partial charge on any atom is -0.302 e. The van der Waals surface area contributed by atoms with Gasteiger partial charge in [-0.25, -0.2) is 0 Å². The molecule has 1 aromatic carbocycles. The number of benzene rings is 1. The molecule has 3 rings (SSSR count). The summed E-state index contributed by atoms with van der Waals surface area (Å²) in [6, 6.07) is 13.0. The van der Waals surface area contributed by atoms with Crippen molar-refractivity contribution in [3.05, 3.63) is 63.9 Å². The van der Waals surface area contributed by atoms with E-state index in [1.54, 1.807) is 16.9 Å². The zero-order chi connectivity index (χ0) is 13.6. The summed E-state index contributed by atoms with van der Waals surface area (Å²) in [7, 11) is 0. The van der Waals surface area contributed by atoms with Crippen molar-refractivity contribution in [2.75, 3.05) is 19.6 Å². The number of likely N-dealkylation sites (tertiary alicyclic amines) is 1. The zero-order valence-electron chi connectivity index (χ0n) is 11.8. The van der Waals surface area contributed by atoms with Crippen LogP contribution in [0.2, 0.25) is 0 Å². The topological polar surface area (TPSA) is 3.24 Å². The Morgan fingerprint density at radius 1 is 1.05 bits per heavy atom. The van der Waals surface area contributed by atoms with Crippen molar-refractivity contribution in [2.45, 2.75) is 19.3 Å². The summed E-state index contributed by atoms with van der Waals surface area (Å²) in [6.07, 6.45) is 6.00. The largest absolute Gasteiger partial charge is 0.302 e. The van der Waals surface area contributed by atoms with Crippen LogP contribution in [0.4, 0.5) is 0 Å².